The average Bonchev–Trinajstić information content (AvgIpc) is 2.93. The van der Waals surface area contributed by atoms with Crippen LogP contribution in [0.15, 0.2) is 41.0 Å². The van der Waals surface area contributed by atoms with E-state index in [0.29, 0.717) is 34.2 Å². The molecule has 1 aromatic carbocycles. The van der Waals surface area contributed by atoms with Gasteiger partial charge in [-0.2, -0.15) is 0 Å². The number of anilines is 2. The van der Waals surface area contributed by atoms with Gasteiger partial charge >= 0.3 is 0 Å². The van der Waals surface area contributed by atoms with Crippen LogP contribution in [0.3, 0.4) is 0 Å². The van der Waals surface area contributed by atoms with Crippen LogP contribution in [0.4, 0.5) is 11.4 Å². The Morgan fingerprint density at radius 3 is 2.92 bits per heavy atom. The van der Waals surface area contributed by atoms with Gasteiger partial charge in [0.1, 0.15) is 17.1 Å². The molecule has 0 saturated carbocycles. The van der Waals surface area contributed by atoms with E-state index in [-0.39, 0.29) is 18.4 Å². The van der Waals surface area contributed by atoms with E-state index in [9.17, 15) is 9.59 Å². The van der Waals surface area contributed by atoms with E-state index in [1.54, 1.807) is 42.8 Å². The Bertz CT molecular complexity index is 1060. The molecular formula is C18H15BrN4O3. The summed E-state index contributed by atoms with van der Waals surface area (Å²) >= 11 is 3.41. The van der Waals surface area contributed by atoms with Gasteiger partial charge < -0.3 is 15.0 Å². The number of nitrogens with zero attached hydrogens (tertiary/aromatic N) is 3. The molecule has 1 aliphatic rings. The van der Waals surface area contributed by atoms with Crippen LogP contribution in [0.25, 0.3) is 5.65 Å². The zero-order valence-corrected chi connectivity index (χ0v) is 15.7. The van der Waals surface area contributed by atoms with Crippen LogP contribution >= 0.6 is 15.9 Å². The number of likely N-dealkylation sites (N-methyl/N-ethyl adjacent to an activating group) is 1. The van der Waals surface area contributed by atoms with Crippen LogP contribution in [-0.4, -0.2) is 34.9 Å². The Morgan fingerprint density at radius 2 is 2.12 bits per heavy atom. The average molecular weight is 415 g/mol. The van der Waals surface area contributed by atoms with Crippen molar-refractivity contribution < 1.29 is 14.3 Å². The third-order valence-electron chi connectivity index (χ3n) is 4.28. The fraction of sp³-hybridized carbons (Fsp3) is 0.167. The molecule has 1 aliphatic heterocycles. The lowest BCUT2D eigenvalue weighted by molar-refractivity contribution is -0.120. The summed E-state index contributed by atoms with van der Waals surface area (Å²) in [6.45, 7) is 1.81. The summed E-state index contributed by atoms with van der Waals surface area (Å²) < 4.78 is 8.00. The highest BCUT2D eigenvalue weighted by atomic mass is 79.9. The van der Waals surface area contributed by atoms with Gasteiger partial charge in [0.25, 0.3) is 11.8 Å². The number of imidazole rings is 1. The third-order valence-corrected chi connectivity index (χ3v) is 4.74. The first-order chi connectivity index (χ1) is 12.4. The lowest BCUT2D eigenvalue weighted by Gasteiger charge is -2.26. The van der Waals surface area contributed by atoms with Gasteiger partial charge in [0.2, 0.25) is 0 Å². The number of nitrogens with one attached hydrogen (secondary N) is 1. The topological polar surface area (TPSA) is 75.9 Å². The van der Waals surface area contributed by atoms with Crippen molar-refractivity contribution in [2.75, 3.05) is 23.9 Å². The first-order valence-electron chi connectivity index (χ1n) is 7.93. The van der Waals surface area contributed by atoms with Crippen LogP contribution in [0.5, 0.6) is 5.75 Å². The second-order valence-corrected chi connectivity index (χ2v) is 6.92. The molecule has 8 heteroatoms. The maximum absolute atomic E-state index is 12.8. The Hall–Kier alpha value is -2.87. The van der Waals surface area contributed by atoms with Gasteiger partial charge in [0, 0.05) is 23.4 Å². The lowest BCUT2D eigenvalue weighted by Crippen LogP contribution is -2.35. The second-order valence-electron chi connectivity index (χ2n) is 6.00. The summed E-state index contributed by atoms with van der Waals surface area (Å²) in [5.74, 6) is 0.197. The molecule has 2 amide bonds. The standard InChI is InChI=1S/C18H15BrN4O3/c1-10-17(23-8-11(19)3-6-15(23)20-10)18(25)21-12-4-5-14-13(7-12)22(2)16(24)9-26-14/h3-8H,9H2,1-2H3,(H,21,25). The molecule has 132 valence electrons. The molecule has 0 bridgehead atoms. The molecule has 0 atom stereocenters. The lowest BCUT2D eigenvalue weighted by atomic mass is 10.2. The fourth-order valence-corrected chi connectivity index (χ4v) is 3.29. The zero-order valence-electron chi connectivity index (χ0n) is 14.1. The minimum Gasteiger partial charge on any atom is -0.482 e. The first kappa shape index (κ1) is 16.6. The monoisotopic (exact) mass is 414 g/mol. The Kier molecular flexibility index (Phi) is 3.91. The largest absolute Gasteiger partial charge is 0.482 e. The highest BCUT2D eigenvalue weighted by Gasteiger charge is 2.23. The molecular weight excluding hydrogens is 400 g/mol. The molecule has 3 heterocycles. The number of aromatic nitrogens is 2. The molecule has 0 fully saturated rings. The summed E-state index contributed by atoms with van der Waals surface area (Å²) in [4.78, 5) is 30.6. The van der Waals surface area contributed by atoms with Crippen LogP contribution in [0.2, 0.25) is 0 Å². The van der Waals surface area contributed by atoms with Crippen LogP contribution < -0.4 is 15.0 Å². The number of aryl methyl sites for hydroxylation is 1. The maximum Gasteiger partial charge on any atom is 0.274 e. The number of halogens is 1. The molecule has 2 aromatic heterocycles. The first-order valence-corrected chi connectivity index (χ1v) is 8.72. The van der Waals surface area contributed by atoms with E-state index in [4.69, 9.17) is 4.74 Å². The number of amides is 2. The maximum atomic E-state index is 12.8. The number of hydrogen-bond acceptors (Lipinski definition) is 4. The number of carbonyl (C=O) groups excluding carboxylic acids is 2. The van der Waals surface area contributed by atoms with Crippen molar-refractivity contribution in [2.45, 2.75) is 6.92 Å². The van der Waals surface area contributed by atoms with Crippen molar-refractivity contribution in [1.82, 2.24) is 9.38 Å². The minimum absolute atomic E-state index is 0.0189. The summed E-state index contributed by atoms with van der Waals surface area (Å²) in [7, 11) is 1.68. The molecule has 3 aromatic rings. The van der Waals surface area contributed by atoms with Gasteiger partial charge in [-0.15, -0.1) is 0 Å². The Labute approximate surface area is 157 Å². The molecule has 0 radical (unpaired) electrons. The molecule has 0 spiro atoms. The molecule has 0 aliphatic carbocycles. The van der Waals surface area contributed by atoms with Crippen molar-refractivity contribution in [1.29, 1.82) is 0 Å². The van der Waals surface area contributed by atoms with Crippen molar-refractivity contribution in [2.24, 2.45) is 0 Å². The highest BCUT2D eigenvalue weighted by Crippen LogP contribution is 2.33. The Morgan fingerprint density at radius 1 is 1.31 bits per heavy atom. The highest BCUT2D eigenvalue weighted by molar-refractivity contribution is 9.10. The van der Waals surface area contributed by atoms with E-state index in [1.807, 2.05) is 12.1 Å². The number of rotatable bonds is 2. The van der Waals surface area contributed by atoms with Crippen LogP contribution in [0, 0.1) is 6.92 Å². The Balaban J connectivity index is 1.68. The van der Waals surface area contributed by atoms with Crippen LogP contribution in [0.1, 0.15) is 16.2 Å². The van der Waals surface area contributed by atoms with Gasteiger partial charge in [-0.05, 0) is 53.2 Å². The number of ether oxygens (including phenoxy) is 1. The molecule has 1 N–H and O–H groups in total. The fourth-order valence-electron chi connectivity index (χ4n) is 2.95. The van der Waals surface area contributed by atoms with Crippen molar-refractivity contribution in [3.63, 3.8) is 0 Å². The molecule has 0 unspecified atom stereocenters. The third kappa shape index (κ3) is 2.72. The van der Waals surface area contributed by atoms with E-state index in [1.165, 1.54) is 4.90 Å². The zero-order chi connectivity index (χ0) is 18.4. The number of hydrogen-bond donors (Lipinski definition) is 1. The van der Waals surface area contributed by atoms with Crippen molar-refractivity contribution in [3.05, 3.63) is 52.4 Å². The number of carbonyl (C=O) groups is 2. The van der Waals surface area contributed by atoms with E-state index in [0.717, 1.165) is 4.47 Å². The predicted octanol–water partition coefficient (Wildman–Crippen LogP) is 3.01. The summed E-state index contributed by atoms with van der Waals surface area (Å²) in [6, 6.07) is 8.92. The van der Waals surface area contributed by atoms with Crippen LogP contribution in [-0.2, 0) is 4.79 Å². The predicted molar refractivity (Wildman–Crippen MR) is 101 cm³/mol. The normalized spacial score (nSPS) is 13.5. The number of pyridine rings is 1. The van der Waals surface area contributed by atoms with Gasteiger partial charge in [-0.25, -0.2) is 4.98 Å². The summed E-state index contributed by atoms with van der Waals surface area (Å²) in [5, 5.41) is 2.87. The molecule has 0 saturated heterocycles. The SMILES string of the molecule is Cc1nc2ccc(Br)cn2c1C(=O)Nc1ccc2c(c1)N(C)C(=O)CO2. The smallest absolute Gasteiger partial charge is 0.274 e. The van der Waals surface area contributed by atoms with E-state index >= 15 is 0 Å². The van der Waals surface area contributed by atoms with Gasteiger partial charge in [0.05, 0.1) is 11.4 Å². The quantitative estimate of drug-likeness (QED) is 0.698. The molecule has 4 rings (SSSR count). The summed E-state index contributed by atoms with van der Waals surface area (Å²) in [5.41, 5.74) is 2.98. The van der Waals surface area contributed by atoms with Crippen molar-refractivity contribution >= 4 is 44.8 Å². The number of benzene rings is 1. The number of fused-ring (bicyclic) bond motifs is 2. The van der Waals surface area contributed by atoms with E-state index in [2.05, 4.69) is 26.2 Å². The molecule has 7 nitrogen and oxygen atoms in total. The summed E-state index contributed by atoms with van der Waals surface area (Å²) in [6.07, 6.45) is 1.80. The van der Waals surface area contributed by atoms with Gasteiger partial charge in [-0.1, -0.05) is 0 Å². The minimum atomic E-state index is -0.279. The van der Waals surface area contributed by atoms with Crippen molar-refractivity contribution in [3.8, 4) is 5.75 Å². The van der Waals surface area contributed by atoms with Gasteiger partial charge in [0.15, 0.2) is 6.61 Å². The van der Waals surface area contributed by atoms with Gasteiger partial charge in [-0.3, -0.25) is 14.0 Å². The molecule has 26 heavy (non-hydrogen) atoms. The van der Waals surface area contributed by atoms with E-state index < -0.39 is 0 Å². The second kappa shape index (κ2) is 6.14.